The third-order valence-corrected chi connectivity index (χ3v) is 5.60. The predicted molar refractivity (Wildman–Crippen MR) is 80.9 cm³/mol. The van der Waals surface area contributed by atoms with E-state index in [-0.39, 0.29) is 17.9 Å². The second-order valence-corrected chi connectivity index (χ2v) is 7.04. The van der Waals surface area contributed by atoms with E-state index in [1.165, 1.54) is 44.1 Å². The Morgan fingerprint density at radius 3 is 2.62 bits per heavy atom. The number of nitrogens with zero attached hydrogens (tertiary/aromatic N) is 2. The lowest BCUT2D eigenvalue weighted by molar-refractivity contribution is -0.128. The number of hydrogen-bond donors (Lipinski definition) is 1. The third-order valence-electron chi connectivity index (χ3n) is 5.60. The van der Waals surface area contributed by atoms with Crippen molar-refractivity contribution in [2.24, 2.45) is 5.92 Å². The standard InChI is InChI=1S/C17H25N3O/c21-17(12-5-3-6-12)18-15-10-4-7-13-11-20(19-16(13)15)14-8-1-2-9-14/h11-12,14-15H,1-10H2,(H,18,21). The molecular weight excluding hydrogens is 262 g/mol. The Kier molecular flexibility index (Phi) is 3.48. The van der Waals surface area contributed by atoms with E-state index in [4.69, 9.17) is 5.10 Å². The molecule has 114 valence electrons. The Morgan fingerprint density at radius 1 is 1.10 bits per heavy atom. The Morgan fingerprint density at radius 2 is 1.90 bits per heavy atom. The van der Waals surface area contributed by atoms with E-state index < -0.39 is 0 Å². The molecule has 3 aliphatic rings. The molecule has 2 fully saturated rings. The normalized spacial score (nSPS) is 26.4. The van der Waals surface area contributed by atoms with Gasteiger partial charge < -0.3 is 5.32 Å². The van der Waals surface area contributed by atoms with Crippen molar-refractivity contribution in [3.63, 3.8) is 0 Å². The van der Waals surface area contributed by atoms with Crippen LogP contribution < -0.4 is 5.32 Å². The SMILES string of the molecule is O=C(NC1CCCc2cn(C3CCCC3)nc21)C1CCC1. The van der Waals surface area contributed by atoms with Gasteiger partial charge in [-0.1, -0.05) is 19.3 Å². The first-order chi connectivity index (χ1) is 10.3. The number of hydrogen-bond acceptors (Lipinski definition) is 2. The van der Waals surface area contributed by atoms with Crippen LogP contribution in [0.15, 0.2) is 6.20 Å². The molecule has 1 atom stereocenters. The molecule has 1 unspecified atom stereocenters. The summed E-state index contributed by atoms with van der Waals surface area (Å²) in [6.07, 6.45) is 14.1. The number of carbonyl (C=O) groups is 1. The number of fused-ring (bicyclic) bond motifs is 1. The van der Waals surface area contributed by atoms with Crippen molar-refractivity contribution in [2.45, 2.75) is 76.3 Å². The monoisotopic (exact) mass is 287 g/mol. The minimum atomic E-state index is 0.157. The number of amides is 1. The van der Waals surface area contributed by atoms with Gasteiger partial charge in [0, 0.05) is 12.1 Å². The fourth-order valence-electron chi connectivity index (χ4n) is 4.02. The molecule has 1 heterocycles. The number of nitrogens with one attached hydrogen (secondary N) is 1. The molecule has 21 heavy (non-hydrogen) atoms. The Labute approximate surface area is 126 Å². The second-order valence-electron chi connectivity index (χ2n) is 7.04. The van der Waals surface area contributed by atoms with E-state index in [0.717, 1.165) is 31.4 Å². The van der Waals surface area contributed by atoms with Crippen molar-refractivity contribution in [3.8, 4) is 0 Å². The number of aryl methyl sites for hydroxylation is 1. The lowest BCUT2D eigenvalue weighted by Crippen LogP contribution is -2.38. The van der Waals surface area contributed by atoms with Crippen LogP contribution in [-0.2, 0) is 11.2 Å². The summed E-state index contributed by atoms with van der Waals surface area (Å²) in [6.45, 7) is 0. The summed E-state index contributed by atoms with van der Waals surface area (Å²) in [4.78, 5) is 12.2. The quantitative estimate of drug-likeness (QED) is 0.927. The topological polar surface area (TPSA) is 46.9 Å². The summed E-state index contributed by atoms with van der Waals surface area (Å²) >= 11 is 0. The van der Waals surface area contributed by atoms with Gasteiger partial charge in [-0.15, -0.1) is 0 Å². The molecule has 1 N–H and O–H groups in total. The van der Waals surface area contributed by atoms with E-state index in [1.807, 2.05) is 0 Å². The van der Waals surface area contributed by atoms with Crippen molar-refractivity contribution >= 4 is 5.91 Å². The summed E-state index contributed by atoms with van der Waals surface area (Å²) in [5.74, 6) is 0.529. The average Bonchev–Trinajstić information content (AvgIpc) is 3.05. The van der Waals surface area contributed by atoms with E-state index in [9.17, 15) is 4.79 Å². The Hall–Kier alpha value is -1.32. The molecule has 4 heteroatoms. The smallest absolute Gasteiger partial charge is 0.223 e. The van der Waals surface area contributed by atoms with Gasteiger partial charge in [0.1, 0.15) is 0 Å². The van der Waals surface area contributed by atoms with Crippen LogP contribution in [0.3, 0.4) is 0 Å². The molecule has 4 nitrogen and oxygen atoms in total. The molecule has 0 aromatic carbocycles. The summed E-state index contributed by atoms with van der Waals surface area (Å²) < 4.78 is 2.20. The zero-order chi connectivity index (χ0) is 14.2. The van der Waals surface area contributed by atoms with Crippen molar-refractivity contribution in [1.29, 1.82) is 0 Å². The Balaban J connectivity index is 1.51. The molecule has 2 saturated carbocycles. The zero-order valence-corrected chi connectivity index (χ0v) is 12.7. The maximum absolute atomic E-state index is 12.2. The van der Waals surface area contributed by atoms with E-state index >= 15 is 0 Å². The number of rotatable bonds is 3. The summed E-state index contributed by atoms with van der Waals surface area (Å²) in [6, 6.07) is 0.753. The molecule has 0 spiro atoms. The van der Waals surface area contributed by atoms with Crippen molar-refractivity contribution in [3.05, 3.63) is 17.5 Å². The maximum Gasteiger partial charge on any atom is 0.223 e. The van der Waals surface area contributed by atoms with Crippen LogP contribution in [0.5, 0.6) is 0 Å². The van der Waals surface area contributed by atoms with Gasteiger partial charge in [0.25, 0.3) is 0 Å². The third kappa shape index (κ3) is 2.49. The zero-order valence-electron chi connectivity index (χ0n) is 12.7. The molecule has 0 aliphatic heterocycles. The van der Waals surface area contributed by atoms with Crippen LogP contribution in [0, 0.1) is 5.92 Å². The lowest BCUT2D eigenvalue weighted by atomic mass is 9.84. The van der Waals surface area contributed by atoms with Crippen LogP contribution in [0.1, 0.15) is 81.1 Å². The average molecular weight is 287 g/mol. The molecular formula is C17H25N3O. The predicted octanol–water partition coefficient (Wildman–Crippen LogP) is 3.29. The lowest BCUT2D eigenvalue weighted by Gasteiger charge is -2.28. The van der Waals surface area contributed by atoms with Crippen molar-refractivity contribution < 1.29 is 4.79 Å². The molecule has 0 saturated heterocycles. The minimum absolute atomic E-state index is 0.157. The molecule has 4 rings (SSSR count). The van der Waals surface area contributed by atoms with Gasteiger partial charge in [0.15, 0.2) is 0 Å². The van der Waals surface area contributed by atoms with Gasteiger partial charge in [-0.2, -0.15) is 5.10 Å². The number of carbonyl (C=O) groups excluding carboxylic acids is 1. The number of aromatic nitrogens is 2. The highest BCUT2D eigenvalue weighted by Gasteiger charge is 2.31. The molecule has 1 amide bonds. The maximum atomic E-state index is 12.2. The van der Waals surface area contributed by atoms with Crippen LogP contribution in [0.25, 0.3) is 0 Å². The fraction of sp³-hybridized carbons (Fsp3) is 0.765. The summed E-state index contributed by atoms with van der Waals surface area (Å²) in [7, 11) is 0. The molecule has 1 aromatic heterocycles. The summed E-state index contributed by atoms with van der Waals surface area (Å²) in [5.41, 5.74) is 2.52. The van der Waals surface area contributed by atoms with Crippen LogP contribution >= 0.6 is 0 Å². The van der Waals surface area contributed by atoms with E-state index in [2.05, 4.69) is 16.2 Å². The highest BCUT2D eigenvalue weighted by molar-refractivity contribution is 5.79. The molecule has 0 radical (unpaired) electrons. The first kappa shape index (κ1) is 13.4. The molecule has 3 aliphatic carbocycles. The van der Waals surface area contributed by atoms with E-state index in [0.29, 0.717) is 6.04 Å². The summed E-state index contributed by atoms with van der Waals surface area (Å²) in [5, 5.41) is 8.14. The van der Waals surface area contributed by atoms with Crippen LogP contribution in [0.2, 0.25) is 0 Å². The van der Waals surface area contributed by atoms with Crippen molar-refractivity contribution in [2.75, 3.05) is 0 Å². The molecule has 0 bridgehead atoms. The van der Waals surface area contributed by atoms with E-state index in [1.54, 1.807) is 0 Å². The van der Waals surface area contributed by atoms with Crippen LogP contribution in [0.4, 0.5) is 0 Å². The second kappa shape index (κ2) is 5.47. The van der Waals surface area contributed by atoms with Gasteiger partial charge in [0.2, 0.25) is 5.91 Å². The van der Waals surface area contributed by atoms with Crippen molar-refractivity contribution in [1.82, 2.24) is 15.1 Å². The highest BCUT2D eigenvalue weighted by Crippen LogP contribution is 2.34. The highest BCUT2D eigenvalue weighted by atomic mass is 16.2. The fourth-order valence-corrected chi connectivity index (χ4v) is 4.02. The minimum Gasteiger partial charge on any atom is -0.347 e. The van der Waals surface area contributed by atoms with Gasteiger partial charge in [-0.25, -0.2) is 0 Å². The van der Waals surface area contributed by atoms with Gasteiger partial charge in [-0.3, -0.25) is 9.48 Å². The molecule has 1 aromatic rings. The first-order valence-corrected chi connectivity index (χ1v) is 8.69. The first-order valence-electron chi connectivity index (χ1n) is 8.69. The van der Waals surface area contributed by atoms with Gasteiger partial charge in [-0.05, 0) is 50.5 Å². The largest absolute Gasteiger partial charge is 0.347 e. The van der Waals surface area contributed by atoms with Crippen LogP contribution in [-0.4, -0.2) is 15.7 Å². The van der Waals surface area contributed by atoms with Gasteiger partial charge >= 0.3 is 0 Å². The Bertz CT molecular complexity index is 526. The van der Waals surface area contributed by atoms with Gasteiger partial charge in [0.05, 0.1) is 17.8 Å².